The van der Waals surface area contributed by atoms with Crippen molar-refractivity contribution >= 4 is 18.3 Å². The largest absolute Gasteiger partial charge is 0.352 e. The maximum atomic E-state index is 13.2. The minimum atomic E-state index is -0.863. The summed E-state index contributed by atoms with van der Waals surface area (Å²) >= 11 is 0. The van der Waals surface area contributed by atoms with Crippen LogP contribution >= 0.6 is 12.4 Å². The van der Waals surface area contributed by atoms with E-state index in [-0.39, 0.29) is 18.4 Å². The van der Waals surface area contributed by atoms with Crippen LogP contribution in [0.1, 0.15) is 23.7 Å². The van der Waals surface area contributed by atoms with E-state index in [4.69, 9.17) is 5.73 Å². The Morgan fingerprint density at radius 1 is 1.41 bits per heavy atom. The maximum Gasteiger partial charge on any atom is 0.257 e. The number of nitrogens with one attached hydrogen (secondary N) is 1. The molecule has 6 heteroatoms. The highest BCUT2D eigenvalue weighted by molar-refractivity contribution is 5.94. The molecule has 0 fully saturated rings. The van der Waals surface area contributed by atoms with E-state index in [1.807, 2.05) is 0 Å². The minimum Gasteiger partial charge on any atom is -0.352 e. The Morgan fingerprint density at radius 3 is 2.41 bits per heavy atom. The highest BCUT2D eigenvalue weighted by Gasteiger charge is 2.16. The standard InChI is InChI=1S/C11H14F2N2O.ClH/c1-7(14)5-6-15-11(16)10-8(12)3-2-4-9(10)13;/h2-4,7H,5-6,14H2,1H3,(H,15,16);1H. The van der Waals surface area contributed by atoms with Crippen molar-refractivity contribution in [3.8, 4) is 0 Å². The minimum absolute atomic E-state index is 0. The van der Waals surface area contributed by atoms with Crippen LogP contribution in [0.4, 0.5) is 8.78 Å². The second-order valence-electron chi connectivity index (χ2n) is 3.62. The molecule has 0 heterocycles. The number of hydrogen-bond acceptors (Lipinski definition) is 2. The molecule has 1 aromatic rings. The van der Waals surface area contributed by atoms with Gasteiger partial charge in [-0.05, 0) is 25.5 Å². The van der Waals surface area contributed by atoms with Gasteiger partial charge in [-0.2, -0.15) is 0 Å². The van der Waals surface area contributed by atoms with Crippen LogP contribution in [-0.2, 0) is 0 Å². The smallest absolute Gasteiger partial charge is 0.257 e. The lowest BCUT2D eigenvalue weighted by molar-refractivity contribution is 0.0944. The van der Waals surface area contributed by atoms with Crippen molar-refractivity contribution in [2.45, 2.75) is 19.4 Å². The fraction of sp³-hybridized carbons (Fsp3) is 0.364. The molecule has 0 aromatic heterocycles. The van der Waals surface area contributed by atoms with Crippen LogP contribution < -0.4 is 11.1 Å². The predicted octanol–water partition coefficient (Wildman–Crippen LogP) is 1.85. The normalized spacial score (nSPS) is 11.5. The number of halogens is 3. The summed E-state index contributed by atoms with van der Waals surface area (Å²) < 4.78 is 26.3. The Morgan fingerprint density at radius 2 is 1.94 bits per heavy atom. The zero-order valence-corrected chi connectivity index (χ0v) is 10.2. The average molecular weight is 265 g/mol. The van der Waals surface area contributed by atoms with Crippen LogP contribution in [0.3, 0.4) is 0 Å². The van der Waals surface area contributed by atoms with Gasteiger partial charge in [0.1, 0.15) is 17.2 Å². The lowest BCUT2D eigenvalue weighted by atomic mass is 10.2. The molecule has 1 unspecified atom stereocenters. The van der Waals surface area contributed by atoms with Crippen LogP contribution in [0.25, 0.3) is 0 Å². The molecule has 17 heavy (non-hydrogen) atoms. The van der Waals surface area contributed by atoms with Gasteiger partial charge in [0, 0.05) is 12.6 Å². The fourth-order valence-electron chi connectivity index (χ4n) is 1.22. The molecule has 1 amide bonds. The van der Waals surface area contributed by atoms with Crippen molar-refractivity contribution in [2.24, 2.45) is 5.73 Å². The van der Waals surface area contributed by atoms with Gasteiger partial charge in [-0.25, -0.2) is 8.78 Å². The first-order chi connectivity index (χ1) is 7.52. The first-order valence-electron chi connectivity index (χ1n) is 5.00. The van der Waals surface area contributed by atoms with Gasteiger partial charge in [-0.3, -0.25) is 4.79 Å². The Balaban J connectivity index is 0.00000256. The summed E-state index contributed by atoms with van der Waals surface area (Å²) in [7, 11) is 0. The third kappa shape index (κ3) is 4.66. The third-order valence-electron chi connectivity index (χ3n) is 2.08. The molecule has 1 rings (SSSR count). The van der Waals surface area contributed by atoms with Crippen LogP contribution in [0.5, 0.6) is 0 Å². The number of nitrogens with two attached hydrogens (primary N) is 1. The van der Waals surface area contributed by atoms with Gasteiger partial charge in [-0.1, -0.05) is 6.07 Å². The molecule has 1 aromatic carbocycles. The first-order valence-corrected chi connectivity index (χ1v) is 5.00. The second-order valence-corrected chi connectivity index (χ2v) is 3.62. The Labute approximate surface area is 105 Å². The number of carbonyl (C=O) groups is 1. The van der Waals surface area contributed by atoms with Crippen molar-refractivity contribution in [1.82, 2.24) is 5.32 Å². The number of amides is 1. The van der Waals surface area contributed by atoms with E-state index in [1.54, 1.807) is 6.92 Å². The zero-order chi connectivity index (χ0) is 12.1. The summed E-state index contributed by atoms with van der Waals surface area (Å²) in [6.45, 7) is 2.08. The first kappa shape index (κ1) is 15.8. The third-order valence-corrected chi connectivity index (χ3v) is 2.08. The number of hydrogen-bond donors (Lipinski definition) is 2. The summed E-state index contributed by atoms with van der Waals surface area (Å²) in [4.78, 5) is 11.4. The molecule has 0 saturated carbocycles. The topological polar surface area (TPSA) is 55.1 Å². The summed E-state index contributed by atoms with van der Waals surface area (Å²) in [5, 5.41) is 2.41. The van der Waals surface area contributed by atoms with E-state index in [0.717, 1.165) is 12.1 Å². The molecule has 3 N–H and O–H groups in total. The van der Waals surface area contributed by atoms with Crippen molar-refractivity contribution in [3.05, 3.63) is 35.4 Å². The molecule has 0 aliphatic rings. The van der Waals surface area contributed by atoms with Crippen LogP contribution in [-0.4, -0.2) is 18.5 Å². The molecule has 1 atom stereocenters. The lowest BCUT2D eigenvalue weighted by Crippen LogP contribution is -2.30. The molecule has 0 aliphatic carbocycles. The molecule has 0 spiro atoms. The molecule has 3 nitrogen and oxygen atoms in total. The fourth-order valence-corrected chi connectivity index (χ4v) is 1.22. The van der Waals surface area contributed by atoms with Crippen LogP contribution in [0.2, 0.25) is 0 Å². The van der Waals surface area contributed by atoms with Gasteiger partial charge in [0.2, 0.25) is 0 Å². The Bertz CT molecular complexity index is 365. The van der Waals surface area contributed by atoms with Crippen molar-refractivity contribution < 1.29 is 13.6 Å². The van der Waals surface area contributed by atoms with Gasteiger partial charge < -0.3 is 11.1 Å². The van der Waals surface area contributed by atoms with Crippen LogP contribution in [0.15, 0.2) is 18.2 Å². The van der Waals surface area contributed by atoms with E-state index in [2.05, 4.69) is 5.32 Å². The molecular weight excluding hydrogens is 250 g/mol. The molecule has 0 saturated heterocycles. The highest BCUT2D eigenvalue weighted by Crippen LogP contribution is 2.11. The van der Waals surface area contributed by atoms with Gasteiger partial charge in [0.15, 0.2) is 0 Å². The number of carbonyl (C=O) groups excluding carboxylic acids is 1. The van der Waals surface area contributed by atoms with Gasteiger partial charge in [0.05, 0.1) is 0 Å². The van der Waals surface area contributed by atoms with Crippen molar-refractivity contribution in [2.75, 3.05) is 6.54 Å². The van der Waals surface area contributed by atoms with Gasteiger partial charge >= 0.3 is 0 Å². The SMILES string of the molecule is CC(N)CCNC(=O)c1c(F)cccc1F.Cl. The van der Waals surface area contributed by atoms with E-state index in [9.17, 15) is 13.6 Å². The van der Waals surface area contributed by atoms with Crippen molar-refractivity contribution in [1.29, 1.82) is 0 Å². The predicted molar refractivity (Wildman–Crippen MR) is 64.2 cm³/mol. The lowest BCUT2D eigenvalue weighted by Gasteiger charge is -2.08. The van der Waals surface area contributed by atoms with E-state index >= 15 is 0 Å². The number of rotatable bonds is 4. The van der Waals surface area contributed by atoms with Crippen molar-refractivity contribution in [3.63, 3.8) is 0 Å². The zero-order valence-electron chi connectivity index (χ0n) is 9.37. The highest BCUT2D eigenvalue weighted by atomic mass is 35.5. The van der Waals surface area contributed by atoms with E-state index in [1.165, 1.54) is 6.07 Å². The Hall–Kier alpha value is -1.20. The molecule has 0 bridgehead atoms. The number of benzene rings is 1. The molecule has 0 radical (unpaired) electrons. The Kier molecular flexibility index (Phi) is 6.68. The monoisotopic (exact) mass is 264 g/mol. The quantitative estimate of drug-likeness (QED) is 0.872. The van der Waals surface area contributed by atoms with E-state index in [0.29, 0.717) is 13.0 Å². The molecule has 0 aliphatic heterocycles. The summed E-state index contributed by atoms with van der Waals surface area (Å²) in [5.74, 6) is -2.48. The molecular formula is C11H15ClF2N2O. The van der Waals surface area contributed by atoms with Gasteiger partial charge in [0.25, 0.3) is 5.91 Å². The maximum absolute atomic E-state index is 13.2. The van der Waals surface area contributed by atoms with Crippen LogP contribution in [0, 0.1) is 11.6 Å². The summed E-state index contributed by atoms with van der Waals surface area (Å²) in [6, 6.07) is 3.24. The second kappa shape index (κ2) is 7.19. The van der Waals surface area contributed by atoms with E-state index < -0.39 is 23.1 Å². The average Bonchev–Trinajstić information content (AvgIpc) is 2.16. The molecule has 96 valence electrons. The summed E-state index contributed by atoms with van der Waals surface area (Å²) in [6.07, 6.45) is 0.557. The van der Waals surface area contributed by atoms with Gasteiger partial charge in [-0.15, -0.1) is 12.4 Å². The summed E-state index contributed by atoms with van der Waals surface area (Å²) in [5.41, 5.74) is 4.93.